The molecule has 5 heteroatoms. The summed E-state index contributed by atoms with van der Waals surface area (Å²) in [6.07, 6.45) is 7.04. The van der Waals surface area contributed by atoms with Crippen LogP contribution in [0, 0.1) is 11.3 Å². The van der Waals surface area contributed by atoms with Gasteiger partial charge in [-0.1, -0.05) is 13.8 Å². The molecule has 2 heterocycles. The number of nitrogens with zero attached hydrogens (tertiary/aromatic N) is 2. The number of amides is 1. The Hall–Kier alpha value is -1.36. The lowest BCUT2D eigenvalue weighted by molar-refractivity contribution is -0.126. The highest BCUT2D eigenvalue weighted by Gasteiger charge is 2.29. The van der Waals surface area contributed by atoms with E-state index in [1.165, 1.54) is 0 Å². The first-order valence-corrected chi connectivity index (χ1v) is 7.51. The zero-order chi connectivity index (χ0) is 14.6. The molecule has 0 radical (unpaired) electrons. The van der Waals surface area contributed by atoms with E-state index in [0.29, 0.717) is 6.54 Å². The predicted molar refractivity (Wildman–Crippen MR) is 77.1 cm³/mol. The third-order valence-electron chi connectivity index (χ3n) is 4.82. The summed E-state index contributed by atoms with van der Waals surface area (Å²) < 4.78 is 2.11. The number of hydrogen-bond donors (Lipinski definition) is 2. The zero-order valence-electron chi connectivity index (χ0n) is 12.4. The van der Waals surface area contributed by atoms with Crippen LogP contribution in [0.25, 0.3) is 0 Å². The van der Waals surface area contributed by atoms with E-state index in [2.05, 4.69) is 28.7 Å². The van der Waals surface area contributed by atoms with E-state index in [1.54, 1.807) is 0 Å². The molecule has 2 rings (SSSR count). The molecule has 0 aliphatic carbocycles. The topological polar surface area (TPSA) is 67.2 Å². The van der Waals surface area contributed by atoms with Crippen molar-refractivity contribution in [3.8, 4) is 0 Å². The van der Waals surface area contributed by atoms with E-state index in [-0.39, 0.29) is 23.8 Å². The number of rotatable bonds is 6. The van der Waals surface area contributed by atoms with E-state index in [4.69, 9.17) is 0 Å². The highest BCUT2D eigenvalue weighted by atomic mass is 16.3. The van der Waals surface area contributed by atoms with Gasteiger partial charge in [-0.3, -0.25) is 4.79 Å². The van der Waals surface area contributed by atoms with Crippen LogP contribution in [0.2, 0.25) is 0 Å². The van der Waals surface area contributed by atoms with Gasteiger partial charge in [0.2, 0.25) is 5.91 Å². The van der Waals surface area contributed by atoms with Crippen molar-refractivity contribution in [2.75, 3.05) is 13.2 Å². The van der Waals surface area contributed by atoms with Gasteiger partial charge in [-0.2, -0.15) is 0 Å². The standard InChI is InChI=1S/C15H25N3O2/c1-3-15(4-2,10-19)9-17-14(20)12-5-6-18-11-16-8-13(18)7-12/h8,11-12,19H,3-7,9-10H2,1-2H3,(H,17,20). The van der Waals surface area contributed by atoms with Gasteiger partial charge in [0, 0.05) is 42.7 Å². The number of carbonyl (C=O) groups excluding carboxylic acids is 1. The van der Waals surface area contributed by atoms with Crippen LogP contribution < -0.4 is 5.32 Å². The van der Waals surface area contributed by atoms with E-state index < -0.39 is 0 Å². The van der Waals surface area contributed by atoms with Crippen molar-refractivity contribution in [1.82, 2.24) is 14.9 Å². The summed E-state index contributed by atoms with van der Waals surface area (Å²) in [7, 11) is 0. The summed E-state index contributed by atoms with van der Waals surface area (Å²) in [5, 5.41) is 12.6. The largest absolute Gasteiger partial charge is 0.396 e. The minimum absolute atomic E-state index is 0.0318. The number of aliphatic hydroxyl groups is 1. The molecule has 2 N–H and O–H groups in total. The Kier molecular flexibility index (Phi) is 4.81. The van der Waals surface area contributed by atoms with Crippen molar-refractivity contribution in [3.63, 3.8) is 0 Å². The van der Waals surface area contributed by atoms with Gasteiger partial charge in [-0.25, -0.2) is 4.98 Å². The molecule has 0 aromatic carbocycles. The van der Waals surface area contributed by atoms with Gasteiger partial charge in [0.1, 0.15) is 0 Å². The maximum atomic E-state index is 12.3. The molecule has 0 fully saturated rings. The number of carbonyl (C=O) groups is 1. The second kappa shape index (κ2) is 6.39. The molecule has 20 heavy (non-hydrogen) atoms. The van der Waals surface area contributed by atoms with Crippen LogP contribution in [0.15, 0.2) is 12.5 Å². The number of aliphatic hydroxyl groups excluding tert-OH is 1. The lowest BCUT2D eigenvalue weighted by Gasteiger charge is -2.31. The molecule has 1 aliphatic heterocycles. The van der Waals surface area contributed by atoms with Gasteiger partial charge in [0.15, 0.2) is 0 Å². The van der Waals surface area contributed by atoms with Crippen LogP contribution in [0.3, 0.4) is 0 Å². The molecule has 1 aromatic heterocycles. The Balaban J connectivity index is 1.90. The summed E-state index contributed by atoms with van der Waals surface area (Å²) >= 11 is 0. The summed E-state index contributed by atoms with van der Waals surface area (Å²) in [6, 6.07) is 0. The van der Waals surface area contributed by atoms with Crippen LogP contribution in [0.1, 0.15) is 38.8 Å². The highest BCUT2D eigenvalue weighted by Crippen LogP contribution is 2.25. The van der Waals surface area contributed by atoms with Crippen molar-refractivity contribution >= 4 is 5.91 Å². The minimum atomic E-state index is -0.175. The normalized spacial score (nSPS) is 18.6. The van der Waals surface area contributed by atoms with Gasteiger partial charge in [0.05, 0.1) is 12.9 Å². The lowest BCUT2D eigenvalue weighted by atomic mass is 9.83. The Morgan fingerprint density at radius 1 is 1.55 bits per heavy atom. The molecule has 0 bridgehead atoms. The summed E-state index contributed by atoms with van der Waals surface area (Å²) in [4.78, 5) is 16.4. The maximum absolute atomic E-state index is 12.3. The van der Waals surface area contributed by atoms with Crippen LogP contribution in [-0.2, 0) is 17.8 Å². The van der Waals surface area contributed by atoms with Crippen LogP contribution in [0.4, 0.5) is 0 Å². The van der Waals surface area contributed by atoms with Gasteiger partial charge < -0.3 is 15.0 Å². The van der Waals surface area contributed by atoms with E-state index >= 15 is 0 Å². The minimum Gasteiger partial charge on any atom is -0.396 e. The Bertz CT molecular complexity index is 443. The van der Waals surface area contributed by atoms with Gasteiger partial charge in [-0.15, -0.1) is 0 Å². The van der Waals surface area contributed by atoms with Crippen molar-refractivity contribution in [2.24, 2.45) is 11.3 Å². The molecule has 1 aromatic rings. The number of fused-ring (bicyclic) bond motifs is 1. The number of imidazole rings is 1. The molecule has 0 saturated carbocycles. The Labute approximate surface area is 120 Å². The molecule has 112 valence electrons. The third-order valence-corrected chi connectivity index (χ3v) is 4.82. The molecule has 1 atom stereocenters. The average molecular weight is 279 g/mol. The smallest absolute Gasteiger partial charge is 0.223 e. The number of nitrogens with one attached hydrogen (secondary N) is 1. The summed E-state index contributed by atoms with van der Waals surface area (Å²) in [5.41, 5.74) is 0.960. The second-order valence-electron chi connectivity index (χ2n) is 5.85. The Morgan fingerprint density at radius 3 is 2.95 bits per heavy atom. The first-order valence-electron chi connectivity index (χ1n) is 7.51. The first-order chi connectivity index (χ1) is 9.64. The van der Waals surface area contributed by atoms with Crippen molar-refractivity contribution < 1.29 is 9.90 Å². The van der Waals surface area contributed by atoms with Crippen LogP contribution >= 0.6 is 0 Å². The molecule has 0 saturated heterocycles. The van der Waals surface area contributed by atoms with Gasteiger partial charge >= 0.3 is 0 Å². The third kappa shape index (κ3) is 3.03. The second-order valence-corrected chi connectivity index (χ2v) is 5.85. The molecule has 5 nitrogen and oxygen atoms in total. The fourth-order valence-corrected chi connectivity index (χ4v) is 2.79. The number of aryl methyl sites for hydroxylation is 1. The molecular weight excluding hydrogens is 254 g/mol. The van der Waals surface area contributed by atoms with Gasteiger partial charge in [-0.05, 0) is 19.3 Å². The average Bonchev–Trinajstić information content (AvgIpc) is 2.96. The zero-order valence-corrected chi connectivity index (χ0v) is 12.4. The lowest BCUT2D eigenvalue weighted by Crippen LogP contribution is -2.43. The molecule has 1 amide bonds. The predicted octanol–water partition coefficient (Wildman–Crippen LogP) is 1.36. The van der Waals surface area contributed by atoms with Crippen molar-refractivity contribution in [3.05, 3.63) is 18.2 Å². The quantitative estimate of drug-likeness (QED) is 0.826. The van der Waals surface area contributed by atoms with E-state index in [0.717, 1.165) is 37.9 Å². The fourth-order valence-electron chi connectivity index (χ4n) is 2.79. The maximum Gasteiger partial charge on any atom is 0.223 e. The Morgan fingerprint density at radius 2 is 2.30 bits per heavy atom. The van der Waals surface area contributed by atoms with Crippen molar-refractivity contribution in [1.29, 1.82) is 0 Å². The monoisotopic (exact) mass is 279 g/mol. The molecule has 1 aliphatic rings. The first kappa shape index (κ1) is 15.0. The number of hydrogen-bond acceptors (Lipinski definition) is 3. The molecule has 0 spiro atoms. The van der Waals surface area contributed by atoms with E-state index in [1.807, 2.05) is 12.5 Å². The van der Waals surface area contributed by atoms with E-state index in [9.17, 15) is 9.90 Å². The van der Waals surface area contributed by atoms with Crippen LogP contribution in [0.5, 0.6) is 0 Å². The molecule has 1 unspecified atom stereocenters. The van der Waals surface area contributed by atoms with Crippen LogP contribution in [-0.4, -0.2) is 33.7 Å². The fraction of sp³-hybridized carbons (Fsp3) is 0.733. The highest BCUT2D eigenvalue weighted by molar-refractivity contribution is 5.79. The van der Waals surface area contributed by atoms with Crippen molar-refractivity contribution in [2.45, 2.75) is 46.1 Å². The summed E-state index contributed by atoms with van der Waals surface area (Å²) in [5.74, 6) is 0.140. The number of aromatic nitrogens is 2. The SMILES string of the molecule is CCC(CC)(CO)CNC(=O)C1CCn2cncc2C1. The van der Waals surface area contributed by atoms with Gasteiger partial charge in [0.25, 0.3) is 0 Å². The summed E-state index contributed by atoms with van der Waals surface area (Å²) in [6.45, 7) is 5.67. The molecular formula is C15H25N3O2.